The van der Waals surface area contributed by atoms with Gasteiger partial charge < -0.3 is 9.80 Å². The molecule has 26 heavy (non-hydrogen) atoms. The van der Waals surface area contributed by atoms with E-state index in [4.69, 9.17) is 4.98 Å². The van der Waals surface area contributed by atoms with Gasteiger partial charge in [-0.15, -0.1) is 0 Å². The maximum Gasteiger partial charge on any atom is 0.161 e. The number of anilines is 2. The first-order chi connectivity index (χ1) is 12.6. The summed E-state index contributed by atoms with van der Waals surface area (Å²) in [4.78, 5) is 17.8. The predicted octanol–water partition coefficient (Wildman–Crippen LogP) is 3.80. The zero-order valence-electron chi connectivity index (χ0n) is 15.8. The van der Waals surface area contributed by atoms with Gasteiger partial charge in [0, 0.05) is 63.1 Å². The molecule has 0 saturated heterocycles. The molecule has 0 N–H and O–H groups in total. The summed E-state index contributed by atoms with van der Waals surface area (Å²) in [6, 6.07) is 14.5. The van der Waals surface area contributed by atoms with Crippen LogP contribution < -0.4 is 9.80 Å². The van der Waals surface area contributed by atoms with Gasteiger partial charge in [0.15, 0.2) is 5.82 Å². The molecule has 0 radical (unpaired) electrons. The van der Waals surface area contributed by atoms with Gasteiger partial charge in [0.2, 0.25) is 0 Å². The van der Waals surface area contributed by atoms with Crippen LogP contribution in [-0.2, 0) is 13.0 Å². The van der Waals surface area contributed by atoms with Crippen molar-refractivity contribution in [1.82, 2.24) is 15.0 Å². The molecule has 3 aromatic rings. The van der Waals surface area contributed by atoms with Crippen molar-refractivity contribution in [3.8, 4) is 11.4 Å². The average molecular weight is 347 g/mol. The highest BCUT2D eigenvalue weighted by Crippen LogP contribution is 2.22. The van der Waals surface area contributed by atoms with Crippen LogP contribution in [0.4, 0.5) is 11.5 Å². The number of rotatable bonds is 6. The first-order valence-electron chi connectivity index (χ1n) is 8.82. The zero-order valence-corrected chi connectivity index (χ0v) is 15.8. The summed E-state index contributed by atoms with van der Waals surface area (Å²) in [5.41, 5.74) is 4.47. The quantitative estimate of drug-likeness (QED) is 0.678. The lowest BCUT2D eigenvalue weighted by molar-refractivity contribution is 0.880. The number of aryl methyl sites for hydroxylation is 1. The van der Waals surface area contributed by atoms with Gasteiger partial charge in [-0.25, -0.2) is 9.97 Å². The van der Waals surface area contributed by atoms with Crippen LogP contribution in [0.15, 0.2) is 54.9 Å². The van der Waals surface area contributed by atoms with Crippen molar-refractivity contribution < 1.29 is 0 Å². The molecule has 5 heteroatoms. The third-order valence-electron chi connectivity index (χ3n) is 4.30. The fourth-order valence-corrected chi connectivity index (χ4v) is 2.78. The molecule has 0 aliphatic heterocycles. The monoisotopic (exact) mass is 347 g/mol. The Morgan fingerprint density at radius 1 is 0.923 bits per heavy atom. The molecule has 5 nitrogen and oxygen atoms in total. The molecule has 134 valence electrons. The summed E-state index contributed by atoms with van der Waals surface area (Å²) in [6.45, 7) is 2.90. The summed E-state index contributed by atoms with van der Waals surface area (Å²) < 4.78 is 0. The highest BCUT2D eigenvalue weighted by molar-refractivity contribution is 5.57. The smallest absolute Gasteiger partial charge is 0.161 e. The lowest BCUT2D eigenvalue weighted by atomic mass is 10.1. The molecule has 3 rings (SSSR count). The molecule has 0 unspecified atom stereocenters. The number of hydrogen-bond donors (Lipinski definition) is 0. The molecule has 0 aliphatic rings. The normalized spacial score (nSPS) is 10.6. The molecule has 0 amide bonds. The molecule has 0 aliphatic carbocycles. The van der Waals surface area contributed by atoms with Crippen LogP contribution in [0.5, 0.6) is 0 Å². The van der Waals surface area contributed by atoms with E-state index in [9.17, 15) is 0 Å². The fourth-order valence-electron chi connectivity index (χ4n) is 2.78. The van der Waals surface area contributed by atoms with Gasteiger partial charge in [-0.1, -0.05) is 19.1 Å². The van der Waals surface area contributed by atoms with Crippen molar-refractivity contribution >= 4 is 11.5 Å². The van der Waals surface area contributed by atoms with E-state index in [0.29, 0.717) is 0 Å². The minimum atomic E-state index is 0.746. The number of nitrogens with zero attached hydrogens (tertiary/aromatic N) is 5. The number of benzene rings is 1. The third kappa shape index (κ3) is 4.17. The Morgan fingerprint density at radius 2 is 1.69 bits per heavy atom. The number of hydrogen-bond acceptors (Lipinski definition) is 5. The average Bonchev–Trinajstić information content (AvgIpc) is 2.68. The second-order valence-corrected chi connectivity index (χ2v) is 6.55. The van der Waals surface area contributed by atoms with Gasteiger partial charge in [-0.05, 0) is 36.2 Å². The molecule has 2 aromatic heterocycles. The minimum absolute atomic E-state index is 0.746. The van der Waals surface area contributed by atoms with E-state index in [1.807, 2.05) is 12.1 Å². The van der Waals surface area contributed by atoms with E-state index >= 15 is 0 Å². The van der Waals surface area contributed by atoms with Crippen molar-refractivity contribution in [2.45, 2.75) is 19.9 Å². The van der Waals surface area contributed by atoms with Crippen molar-refractivity contribution in [2.24, 2.45) is 0 Å². The van der Waals surface area contributed by atoms with Crippen LogP contribution in [0.2, 0.25) is 0 Å². The maximum atomic E-state index is 4.78. The predicted molar refractivity (Wildman–Crippen MR) is 108 cm³/mol. The van der Waals surface area contributed by atoms with Gasteiger partial charge in [-0.2, -0.15) is 0 Å². The molecule has 0 spiro atoms. The zero-order chi connectivity index (χ0) is 18.5. The number of aromatic nitrogens is 3. The number of pyridine rings is 1. The molecule has 0 bridgehead atoms. The molecule has 0 fully saturated rings. The van der Waals surface area contributed by atoms with Gasteiger partial charge in [0.25, 0.3) is 0 Å². The summed E-state index contributed by atoms with van der Waals surface area (Å²) >= 11 is 0. The lowest BCUT2D eigenvalue weighted by Crippen LogP contribution is -2.19. The van der Waals surface area contributed by atoms with Crippen LogP contribution >= 0.6 is 0 Å². The summed E-state index contributed by atoms with van der Waals surface area (Å²) in [5, 5.41) is 0. The van der Waals surface area contributed by atoms with E-state index in [0.717, 1.165) is 35.9 Å². The Kier molecular flexibility index (Phi) is 5.46. The molecule has 0 saturated carbocycles. The SMILES string of the molecule is CCc1cc(N(C)Cc2cccc(N(C)C)c2)nc(-c2ccncc2)n1. The first-order valence-corrected chi connectivity index (χ1v) is 8.82. The second kappa shape index (κ2) is 7.95. The summed E-state index contributed by atoms with van der Waals surface area (Å²) in [5.74, 6) is 1.68. The highest BCUT2D eigenvalue weighted by Gasteiger charge is 2.10. The minimum Gasteiger partial charge on any atom is -0.378 e. The molecular weight excluding hydrogens is 322 g/mol. The molecule has 2 heterocycles. The van der Waals surface area contributed by atoms with E-state index in [1.54, 1.807) is 12.4 Å². The Morgan fingerprint density at radius 3 is 2.38 bits per heavy atom. The topological polar surface area (TPSA) is 45.2 Å². The van der Waals surface area contributed by atoms with E-state index in [1.165, 1.54) is 11.3 Å². The largest absolute Gasteiger partial charge is 0.378 e. The Bertz CT molecular complexity index is 861. The highest BCUT2D eigenvalue weighted by atomic mass is 15.2. The summed E-state index contributed by atoms with van der Waals surface area (Å²) in [6.07, 6.45) is 4.42. The summed E-state index contributed by atoms with van der Waals surface area (Å²) in [7, 11) is 6.18. The van der Waals surface area contributed by atoms with Gasteiger partial charge in [0.1, 0.15) is 5.82 Å². The van der Waals surface area contributed by atoms with Crippen LogP contribution in [0.1, 0.15) is 18.2 Å². The van der Waals surface area contributed by atoms with E-state index in [-0.39, 0.29) is 0 Å². The van der Waals surface area contributed by atoms with Crippen LogP contribution in [0.3, 0.4) is 0 Å². The van der Waals surface area contributed by atoms with Gasteiger partial charge in [0.05, 0.1) is 0 Å². The third-order valence-corrected chi connectivity index (χ3v) is 4.30. The first kappa shape index (κ1) is 17.9. The van der Waals surface area contributed by atoms with Crippen molar-refractivity contribution in [3.05, 3.63) is 66.1 Å². The Hall–Kier alpha value is -2.95. The maximum absolute atomic E-state index is 4.78. The Labute approximate surface area is 155 Å². The molecule has 0 atom stereocenters. The van der Waals surface area contributed by atoms with Crippen molar-refractivity contribution in [3.63, 3.8) is 0 Å². The van der Waals surface area contributed by atoms with Crippen LogP contribution in [0, 0.1) is 0 Å². The van der Waals surface area contributed by atoms with E-state index in [2.05, 4.69) is 78.2 Å². The van der Waals surface area contributed by atoms with Gasteiger partial charge >= 0.3 is 0 Å². The molecular formula is C21H25N5. The lowest BCUT2D eigenvalue weighted by Gasteiger charge is -2.21. The van der Waals surface area contributed by atoms with E-state index < -0.39 is 0 Å². The molecule has 1 aromatic carbocycles. The van der Waals surface area contributed by atoms with Gasteiger partial charge in [-0.3, -0.25) is 4.98 Å². The second-order valence-electron chi connectivity index (χ2n) is 6.55. The Balaban J connectivity index is 1.89. The fraction of sp³-hybridized carbons (Fsp3) is 0.286. The standard InChI is InChI=1S/C21H25N5/c1-5-18-14-20(24-21(23-18)17-9-11-22-12-10-17)26(4)15-16-7-6-8-19(13-16)25(2)3/h6-14H,5,15H2,1-4H3. The van der Waals surface area contributed by atoms with Crippen LogP contribution in [-0.4, -0.2) is 36.1 Å². The van der Waals surface area contributed by atoms with Crippen molar-refractivity contribution in [1.29, 1.82) is 0 Å². The van der Waals surface area contributed by atoms with Crippen molar-refractivity contribution in [2.75, 3.05) is 30.9 Å². The van der Waals surface area contributed by atoms with Crippen LogP contribution in [0.25, 0.3) is 11.4 Å².